The molecule has 0 aliphatic heterocycles. The van der Waals surface area contributed by atoms with Crippen molar-refractivity contribution in [1.29, 1.82) is 5.26 Å². The Morgan fingerprint density at radius 2 is 2.20 bits per heavy atom. The second-order valence-corrected chi connectivity index (χ2v) is 3.89. The van der Waals surface area contributed by atoms with E-state index in [-0.39, 0.29) is 12.1 Å². The largest absolute Gasteiger partial charge is 0.295 e. The molecule has 0 bridgehead atoms. The van der Waals surface area contributed by atoms with Crippen LogP contribution in [0.5, 0.6) is 0 Å². The summed E-state index contributed by atoms with van der Waals surface area (Å²) in [6.45, 7) is 6.19. The van der Waals surface area contributed by atoms with Gasteiger partial charge in [-0.15, -0.1) is 0 Å². The van der Waals surface area contributed by atoms with Crippen LogP contribution in [0, 0.1) is 18.3 Å². The molecule has 80 valence electrons. The van der Waals surface area contributed by atoms with Gasteiger partial charge in [0.05, 0.1) is 12.1 Å². The molecule has 1 unspecified atom stereocenters. The summed E-state index contributed by atoms with van der Waals surface area (Å²) in [5, 5.41) is 12.2. The third kappa shape index (κ3) is 3.38. The Morgan fingerprint density at radius 1 is 1.47 bits per heavy atom. The van der Waals surface area contributed by atoms with Crippen molar-refractivity contribution in [1.82, 2.24) is 5.32 Å². The summed E-state index contributed by atoms with van der Waals surface area (Å²) in [4.78, 5) is 0. The van der Waals surface area contributed by atoms with E-state index in [1.165, 1.54) is 11.1 Å². The zero-order chi connectivity index (χ0) is 11.3. The van der Waals surface area contributed by atoms with Crippen molar-refractivity contribution in [3.05, 3.63) is 35.4 Å². The van der Waals surface area contributed by atoms with Gasteiger partial charge in [0.15, 0.2) is 0 Å². The predicted molar refractivity (Wildman–Crippen MR) is 62.4 cm³/mol. The molecule has 0 aliphatic carbocycles. The molecular weight excluding hydrogens is 184 g/mol. The third-order valence-corrected chi connectivity index (χ3v) is 2.56. The Labute approximate surface area is 91.9 Å². The van der Waals surface area contributed by atoms with Crippen LogP contribution in [0.1, 0.15) is 37.4 Å². The first-order valence-electron chi connectivity index (χ1n) is 5.39. The zero-order valence-corrected chi connectivity index (χ0v) is 9.62. The minimum Gasteiger partial charge on any atom is -0.295 e. The highest BCUT2D eigenvalue weighted by molar-refractivity contribution is 5.24. The number of nitriles is 1. The SMILES string of the molecule is CCC(C#N)N[C@@H](C)c1cccc(C)c1. The fourth-order valence-electron chi connectivity index (χ4n) is 1.58. The van der Waals surface area contributed by atoms with Crippen LogP contribution in [0.4, 0.5) is 0 Å². The van der Waals surface area contributed by atoms with E-state index in [4.69, 9.17) is 5.26 Å². The number of nitrogens with zero attached hydrogens (tertiary/aromatic N) is 1. The van der Waals surface area contributed by atoms with Gasteiger partial charge in [0.25, 0.3) is 0 Å². The van der Waals surface area contributed by atoms with Gasteiger partial charge < -0.3 is 0 Å². The summed E-state index contributed by atoms with van der Waals surface area (Å²) in [5.41, 5.74) is 2.50. The van der Waals surface area contributed by atoms with Gasteiger partial charge in [0.1, 0.15) is 0 Å². The van der Waals surface area contributed by atoms with Crippen LogP contribution < -0.4 is 5.32 Å². The summed E-state index contributed by atoms with van der Waals surface area (Å²) in [6.07, 6.45) is 0.840. The minimum atomic E-state index is -0.0551. The van der Waals surface area contributed by atoms with E-state index >= 15 is 0 Å². The van der Waals surface area contributed by atoms with Gasteiger partial charge >= 0.3 is 0 Å². The smallest absolute Gasteiger partial charge is 0.0954 e. The van der Waals surface area contributed by atoms with Gasteiger partial charge in [-0.3, -0.25) is 5.32 Å². The van der Waals surface area contributed by atoms with Crippen LogP contribution in [-0.4, -0.2) is 6.04 Å². The monoisotopic (exact) mass is 202 g/mol. The number of nitrogens with one attached hydrogen (secondary N) is 1. The number of rotatable bonds is 4. The van der Waals surface area contributed by atoms with Gasteiger partial charge in [-0.05, 0) is 25.8 Å². The van der Waals surface area contributed by atoms with E-state index in [0.717, 1.165) is 6.42 Å². The highest BCUT2D eigenvalue weighted by Gasteiger charge is 2.10. The van der Waals surface area contributed by atoms with E-state index in [9.17, 15) is 0 Å². The maximum Gasteiger partial charge on any atom is 0.0954 e. The van der Waals surface area contributed by atoms with Gasteiger partial charge in [0.2, 0.25) is 0 Å². The van der Waals surface area contributed by atoms with Crippen LogP contribution in [-0.2, 0) is 0 Å². The van der Waals surface area contributed by atoms with E-state index in [1.807, 2.05) is 6.92 Å². The van der Waals surface area contributed by atoms with Gasteiger partial charge in [-0.1, -0.05) is 36.8 Å². The molecule has 0 saturated heterocycles. The van der Waals surface area contributed by atoms with E-state index in [2.05, 4.69) is 49.5 Å². The maximum atomic E-state index is 8.86. The summed E-state index contributed by atoms with van der Waals surface area (Å²) in [7, 11) is 0. The second-order valence-electron chi connectivity index (χ2n) is 3.89. The fraction of sp³-hybridized carbons (Fsp3) is 0.462. The molecule has 0 saturated carbocycles. The Balaban J connectivity index is 2.69. The molecule has 1 N–H and O–H groups in total. The summed E-state index contributed by atoms with van der Waals surface area (Å²) >= 11 is 0. The van der Waals surface area contributed by atoms with Crippen molar-refractivity contribution in [2.45, 2.75) is 39.3 Å². The average Bonchev–Trinajstić information content (AvgIpc) is 2.25. The van der Waals surface area contributed by atoms with E-state index in [0.29, 0.717) is 0 Å². The minimum absolute atomic E-state index is 0.0551. The van der Waals surface area contributed by atoms with E-state index < -0.39 is 0 Å². The quantitative estimate of drug-likeness (QED) is 0.814. The molecule has 0 radical (unpaired) electrons. The zero-order valence-electron chi connectivity index (χ0n) is 9.62. The van der Waals surface area contributed by atoms with Gasteiger partial charge in [-0.25, -0.2) is 0 Å². The highest BCUT2D eigenvalue weighted by Crippen LogP contribution is 2.14. The molecule has 0 fully saturated rings. The number of hydrogen-bond donors (Lipinski definition) is 1. The number of aryl methyl sites for hydroxylation is 1. The first-order chi connectivity index (χ1) is 7.17. The van der Waals surface area contributed by atoms with Crippen molar-refractivity contribution >= 4 is 0 Å². The molecule has 15 heavy (non-hydrogen) atoms. The van der Waals surface area contributed by atoms with Crippen LogP contribution in [0.15, 0.2) is 24.3 Å². The molecule has 2 atom stereocenters. The molecule has 0 amide bonds. The molecule has 2 heteroatoms. The van der Waals surface area contributed by atoms with E-state index in [1.54, 1.807) is 0 Å². The van der Waals surface area contributed by atoms with Crippen LogP contribution in [0.25, 0.3) is 0 Å². The summed E-state index contributed by atoms with van der Waals surface area (Å²) in [6, 6.07) is 10.8. The lowest BCUT2D eigenvalue weighted by Crippen LogP contribution is -2.29. The molecular formula is C13H18N2. The van der Waals surface area contributed by atoms with Gasteiger partial charge in [-0.2, -0.15) is 5.26 Å². The van der Waals surface area contributed by atoms with Crippen molar-refractivity contribution in [3.8, 4) is 6.07 Å². The first-order valence-corrected chi connectivity index (χ1v) is 5.39. The lowest BCUT2D eigenvalue weighted by molar-refractivity contribution is 0.508. The molecule has 0 aliphatic rings. The standard InChI is InChI=1S/C13H18N2/c1-4-13(9-14)15-11(3)12-7-5-6-10(2)8-12/h5-8,11,13,15H,4H2,1-3H3/t11-,13?/m0/s1. The van der Waals surface area contributed by atoms with Crippen molar-refractivity contribution in [2.75, 3.05) is 0 Å². The molecule has 1 aromatic carbocycles. The van der Waals surface area contributed by atoms with Gasteiger partial charge in [0, 0.05) is 6.04 Å². The molecule has 0 spiro atoms. The Kier molecular flexibility index (Phi) is 4.33. The maximum absolute atomic E-state index is 8.86. The average molecular weight is 202 g/mol. The van der Waals surface area contributed by atoms with Crippen LogP contribution in [0.2, 0.25) is 0 Å². The molecule has 0 aromatic heterocycles. The Bertz CT molecular complexity index is 352. The van der Waals surface area contributed by atoms with Crippen molar-refractivity contribution < 1.29 is 0 Å². The molecule has 0 heterocycles. The Hall–Kier alpha value is -1.33. The second kappa shape index (κ2) is 5.53. The summed E-state index contributed by atoms with van der Waals surface area (Å²) < 4.78 is 0. The highest BCUT2D eigenvalue weighted by atomic mass is 14.9. The number of benzene rings is 1. The van der Waals surface area contributed by atoms with Crippen molar-refractivity contribution in [3.63, 3.8) is 0 Å². The first kappa shape index (κ1) is 11.7. The predicted octanol–water partition coefficient (Wildman–Crippen LogP) is 2.95. The normalized spacial score (nSPS) is 14.3. The topological polar surface area (TPSA) is 35.8 Å². The molecule has 2 nitrogen and oxygen atoms in total. The van der Waals surface area contributed by atoms with Crippen molar-refractivity contribution in [2.24, 2.45) is 0 Å². The Morgan fingerprint density at radius 3 is 2.73 bits per heavy atom. The molecule has 1 aromatic rings. The third-order valence-electron chi connectivity index (χ3n) is 2.56. The van der Waals surface area contributed by atoms with Crippen LogP contribution >= 0.6 is 0 Å². The number of hydrogen-bond acceptors (Lipinski definition) is 2. The lowest BCUT2D eigenvalue weighted by atomic mass is 10.0. The summed E-state index contributed by atoms with van der Waals surface area (Å²) in [5.74, 6) is 0. The lowest BCUT2D eigenvalue weighted by Gasteiger charge is -2.17. The van der Waals surface area contributed by atoms with Crippen LogP contribution in [0.3, 0.4) is 0 Å². The fourth-order valence-corrected chi connectivity index (χ4v) is 1.58. The molecule has 1 rings (SSSR count).